The van der Waals surface area contributed by atoms with Crippen LogP contribution >= 0.6 is 0 Å². The molecule has 0 aromatic carbocycles. The van der Waals surface area contributed by atoms with Crippen molar-refractivity contribution in [3.05, 3.63) is 33.9 Å². The minimum absolute atomic E-state index is 0.0530. The number of allylic oxidation sites excluding steroid dienone is 4. The van der Waals surface area contributed by atoms with Crippen LogP contribution in [0.3, 0.4) is 0 Å². The van der Waals surface area contributed by atoms with Crippen LogP contribution in [-0.4, -0.2) is 93.2 Å². The van der Waals surface area contributed by atoms with Gasteiger partial charge in [-0.25, -0.2) is 14.0 Å². The molecule has 1 unspecified atom stereocenters. The van der Waals surface area contributed by atoms with Gasteiger partial charge in [-0.3, -0.25) is 14.4 Å². The number of ether oxygens (including phenoxy) is 2. The van der Waals surface area contributed by atoms with E-state index in [4.69, 9.17) is 9.47 Å². The molecule has 0 radical (unpaired) electrons. The van der Waals surface area contributed by atoms with Crippen LogP contribution in [0.15, 0.2) is 23.8 Å². The second kappa shape index (κ2) is 13.9. The summed E-state index contributed by atoms with van der Waals surface area (Å²) in [4.78, 5) is 76.1. The smallest absolute Gasteiger partial charge is 0.480 e. The molecule has 0 bridgehead atoms. The van der Waals surface area contributed by atoms with Crippen molar-refractivity contribution in [2.24, 2.45) is 28.6 Å². The number of Topliss-reactive ketones (excluding diaryl/α,β-unsaturated/α-hetero) is 1. The van der Waals surface area contributed by atoms with Crippen molar-refractivity contribution in [1.82, 2.24) is 5.32 Å². The molecule has 0 heterocycles. The summed E-state index contributed by atoms with van der Waals surface area (Å²) in [5.41, 5.74) is -6.21. The number of hydrogen-bond donors (Lipinski definition) is 4. The van der Waals surface area contributed by atoms with E-state index in [0.29, 0.717) is 24.8 Å². The maximum Gasteiger partial charge on any atom is 0.508 e. The predicted octanol–water partition coefficient (Wildman–Crippen LogP) is 2.39. The molecule has 15 nitrogen and oxygen atoms in total. The van der Waals surface area contributed by atoms with Crippen LogP contribution in [0, 0.1) is 38.7 Å². The molecule has 4 aliphatic carbocycles. The molecule has 0 aromatic heterocycles. The van der Waals surface area contributed by atoms with Gasteiger partial charge in [0.1, 0.15) is 12.2 Å². The van der Waals surface area contributed by atoms with Gasteiger partial charge in [-0.2, -0.15) is 0 Å². The highest BCUT2D eigenvalue weighted by Gasteiger charge is 2.75. The van der Waals surface area contributed by atoms with Crippen molar-refractivity contribution >= 4 is 29.6 Å². The first-order valence-corrected chi connectivity index (χ1v) is 16.0. The van der Waals surface area contributed by atoms with E-state index in [1.54, 1.807) is 20.8 Å². The molecule has 48 heavy (non-hydrogen) atoms. The molecule has 4 N–H and O–H groups in total. The van der Waals surface area contributed by atoms with Gasteiger partial charge in [-0.05, 0) is 56.9 Å². The predicted molar refractivity (Wildman–Crippen MR) is 161 cm³/mol. The van der Waals surface area contributed by atoms with Crippen LogP contribution in [0.1, 0.15) is 72.1 Å². The number of carbonyl (C=O) groups is 5. The Morgan fingerprint density at radius 2 is 1.88 bits per heavy atom. The maximum atomic E-state index is 17.3. The van der Waals surface area contributed by atoms with Crippen LogP contribution in [-0.2, 0) is 33.5 Å². The molecule has 9 atom stereocenters. The Balaban J connectivity index is 1.34. The van der Waals surface area contributed by atoms with Crippen molar-refractivity contribution in [2.45, 2.75) is 95.6 Å². The lowest BCUT2D eigenvalue weighted by Crippen LogP contribution is -2.69. The first-order chi connectivity index (χ1) is 22.4. The quantitative estimate of drug-likeness (QED) is 0.0679. The molecule has 16 heteroatoms. The van der Waals surface area contributed by atoms with Gasteiger partial charge < -0.3 is 34.9 Å². The van der Waals surface area contributed by atoms with E-state index in [-0.39, 0.29) is 44.5 Å². The average molecular weight is 683 g/mol. The summed E-state index contributed by atoms with van der Waals surface area (Å²) in [6.07, 6.45) is 2.84. The Bertz CT molecular complexity index is 1400. The molecule has 4 rings (SSSR count). The van der Waals surface area contributed by atoms with Gasteiger partial charge in [-0.15, -0.1) is 10.1 Å². The molecular weight excluding hydrogens is 639 g/mol. The Hall–Kier alpha value is -3.92. The molecule has 2 fully saturated rings. The van der Waals surface area contributed by atoms with Crippen LogP contribution < -0.4 is 5.32 Å². The number of carboxylic acid groups (broad SMARTS) is 1. The standard InChI is InChI=1S/C32H43FN2O13/c1-18-13-22-21-9-8-19-14-20(36)10-11-29(19,2)31(21,33)24(37)15-30(22,3)32(18,43)25(38)17-47-28(42)46-16-23(27(40)41)34-26(39)7-5-4-6-12-48-35(44)45/h8,10-11,18,21-24,37,43H,4-7,9,12-17H2,1-3H3,(H,34,39)(H,40,41)/t18-,21+,22+,23?,24+,29+,30+,31+,32+/m1/s1. The SMILES string of the molecule is C[C@@H]1C[C@H]2[C@@H]3CC=C4CC(=O)C=C[C@]4(C)[C@@]3(F)[C@@H](O)C[C@]2(C)[C@@]1(O)C(=O)COC(=O)OCC(NC(=O)CCCCCO[N+](=O)[O-])C(=O)O. The number of fused-ring (bicyclic) bond motifs is 5. The molecule has 0 aliphatic heterocycles. The van der Waals surface area contributed by atoms with Gasteiger partial charge in [0.2, 0.25) is 11.7 Å². The van der Waals surface area contributed by atoms with E-state index in [9.17, 15) is 49.4 Å². The number of amides is 1. The number of aliphatic carboxylic acids is 1. The van der Waals surface area contributed by atoms with E-state index in [2.05, 4.69) is 10.2 Å². The summed E-state index contributed by atoms with van der Waals surface area (Å²) in [5.74, 6) is -5.24. The number of carboxylic acids is 1. The molecule has 266 valence electrons. The number of ketones is 2. The van der Waals surface area contributed by atoms with Gasteiger partial charge in [0.25, 0.3) is 5.09 Å². The third kappa shape index (κ3) is 6.43. The topological polar surface area (TPSA) is 229 Å². The second-order valence-corrected chi connectivity index (χ2v) is 13.8. The summed E-state index contributed by atoms with van der Waals surface area (Å²) in [5, 5.41) is 44.3. The van der Waals surface area contributed by atoms with Crippen molar-refractivity contribution in [3.63, 3.8) is 0 Å². The van der Waals surface area contributed by atoms with Gasteiger partial charge >= 0.3 is 12.1 Å². The molecule has 2 saturated carbocycles. The fourth-order valence-electron chi connectivity index (χ4n) is 8.62. The van der Waals surface area contributed by atoms with E-state index in [1.807, 2.05) is 6.08 Å². The van der Waals surface area contributed by atoms with Crippen LogP contribution in [0.5, 0.6) is 0 Å². The number of nitrogens with zero attached hydrogens (tertiary/aromatic N) is 1. The van der Waals surface area contributed by atoms with Crippen LogP contribution in [0.25, 0.3) is 0 Å². The molecular formula is C32H43FN2O13. The molecule has 1 amide bonds. The van der Waals surface area contributed by atoms with E-state index < -0.39 is 94.1 Å². The van der Waals surface area contributed by atoms with E-state index in [0.717, 1.165) is 0 Å². The first-order valence-electron chi connectivity index (χ1n) is 16.0. The van der Waals surface area contributed by atoms with Gasteiger partial charge in [0.05, 0.1) is 12.7 Å². The minimum atomic E-state index is -2.16. The van der Waals surface area contributed by atoms with E-state index >= 15 is 4.39 Å². The summed E-state index contributed by atoms with van der Waals surface area (Å²) in [7, 11) is 0. The van der Waals surface area contributed by atoms with Crippen molar-refractivity contribution < 1.29 is 63.1 Å². The summed E-state index contributed by atoms with van der Waals surface area (Å²) in [6, 6.07) is -1.63. The molecule has 0 saturated heterocycles. The molecule has 0 spiro atoms. The number of halogens is 1. The lowest BCUT2D eigenvalue weighted by molar-refractivity contribution is -0.757. The van der Waals surface area contributed by atoms with Gasteiger partial charge in [-0.1, -0.05) is 38.0 Å². The number of nitrogens with one attached hydrogen (secondary N) is 1. The zero-order valence-electron chi connectivity index (χ0n) is 27.1. The average Bonchev–Trinajstić information content (AvgIpc) is 3.21. The summed E-state index contributed by atoms with van der Waals surface area (Å²) >= 11 is 0. The van der Waals surface area contributed by atoms with E-state index in [1.165, 1.54) is 12.2 Å². The second-order valence-electron chi connectivity index (χ2n) is 13.8. The van der Waals surface area contributed by atoms with Gasteiger partial charge in [0.15, 0.2) is 24.1 Å². The number of aliphatic hydroxyl groups excluding tert-OH is 1. The molecule has 0 aromatic rings. The third-order valence-corrected chi connectivity index (χ3v) is 11.2. The monoisotopic (exact) mass is 682 g/mol. The lowest BCUT2D eigenvalue weighted by Gasteiger charge is -2.62. The largest absolute Gasteiger partial charge is 0.508 e. The third-order valence-electron chi connectivity index (χ3n) is 11.2. The number of carbonyl (C=O) groups excluding carboxylic acids is 4. The number of alkyl halides is 1. The fraction of sp³-hybridized carbons (Fsp3) is 0.719. The fourth-order valence-corrected chi connectivity index (χ4v) is 8.62. The Morgan fingerprint density at radius 1 is 1.17 bits per heavy atom. The molecule has 4 aliphatic rings. The Kier molecular flexibility index (Phi) is 10.7. The van der Waals surface area contributed by atoms with Crippen molar-refractivity contribution in [3.8, 4) is 0 Å². The number of hydrogen-bond acceptors (Lipinski definition) is 12. The summed E-state index contributed by atoms with van der Waals surface area (Å²) < 4.78 is 27.1. The highest BCUT2D eigenvalue weighted by molar-refractivity contribution is 5.94. The highest BCUT2D eigenvalue weighted by Crippen LogP contribution is 2.70. The first kappa shape index (κ1) is 36.9. The zero-order valence-corrected chi connectivity index (χ0v) is 27.1. The number of unbranched alkanes of at least 4 members (excludes halogenated alkanes) is 2. The normalized spacial score (nSPS) is 35.6. The minimum Gasteiger partial charge on any atom is -0.480 e. The number of rotatable bonds is 14. The number of aliphatic hydroxyl groups is 2. The highest BCUT2D eigenvalue weighted by atomic mass is 19.1. The maximum absolute atomic E-state index is 17.3. The zero-order chi connectivity index (χ0) is 35.7. The lowest BCUT2D eigenvalue weighted by atomic mass is 9.45. The summed E-state index contributed by atoms with van der Waals surface area (Å²) in [6.45, 7) is 3.02. The van der Waals surface area contributed by atoms with Crippen LogP contribution in [0.4, 0.5) is 9.18 Å². The Labute approximate surface area is 276 Å². The Morgan fingerprint density at radius 3 is 2.54 bits per heavy atom. The van der Waals surface area contributed by atoms with Crippen molar-refractivity contribution in [2.75, 3.05) is 19.8 Å². The van der Waals surface area contributed by atoms with Gasteiger partial charge in [0, 0.05) is 29.6 Å². The van der Waals surface area contributed by atoms with Crippen LogP contribution in [0.2, 0.25) is 0 Å². The van der Waals surface area contributed by atoms with Crippen molar-refractivity contribution in [1.29, 1.82) is 0 Å².